The number of aromatic nitrogens is 1. The minimum atomic E-state index is 0.139. The summed E-state index contributed by atoms with van der Waals surface area (Å²) in [5.74, 6) is 1.68. The third-order valence-corrected chi connectivity index (χ3v) is 5.56. The lowest BCUT2D eigenvalue weighted by Gasteiger charge is -2.18. The van der Waals surface area contributed by atoms with Gasteiger partial charge in [0.15, 0.2) is 5.96 Å². The molecular formula is C20H28N4O2S. The van der Waals surface area contributed by atoms with Gasteiger partial charge in [-0.3, -0.25) is 4.99 Å². The predicted molar refractivity (Wildman–Crippen MR) is 110 cm³/mol. The van der Waals surface area contributed by atoms with Crippen LogP contribution in [0.15, 0.2) is 23.2 Å². The highest BCUT2D eigenvalue weighted by atomic mass is 32.1. The standard InChI is InChI=1S/C20H28N4O2S/c1-13-5-6-16(18(9-13)26-17-7-8-25-12-17)10-22-20(21-4)23-11-19-14(2)24-15(3)27-19/h5-6,9,17H,7-8,10-12H2,1-4H3,(H2,21,22,23). The third-order valence-electron chi connectivity index (χ3n) is 4.49. The molecule has 0 saturated carbocycles. The molecule has 146 valence electrons. The molecule has 0 aliphatic carbocycles. The smallest absolute Gasteiger partial charge is 0.191 e. The Morgan fingerprint density at radius 1 is 1.30 bits per heavy atom. The summed E-state index contributed by atoms with van der Waals surface area (Å²) in [6, 6.07) is 6.31. The van der Waals surface area contributed by atoms with Crippen LogP contribution in [0.1, 0.15) is 33.1 Å². The van der Waals surface area contributed by atoms with E-state index in [-0.39, 0.29) is 6.10 Å². The molecule has 2 N–H and O–H groups in total. The zero-order chi connectivity index (χ0) is 19.2. The van der Waals surface area contributed by atoms with E-state index >= 15 is 0 Å². The molecule has 3 rings (SSSR count). The lowest BCUT2D eigenvalue weighted by atomic mass is 10.1. The monoisotopic (exact) mass is 388 g/mol. The average Bonchev–Trinajstić information content (AvgIpc) is 3.26. The second kappa shape index (κ2) is 9.19. The van der Waals surface area contributed by atoms with Crippen molar-refractivity contribution in [2.24, 2.45) is 4.99 Å². The largest absolute Gasteiger partial charge is 0.488 e. The number of hydrogen-bond donors (Lipinski definition) is 2. The first-order valence-corrected chi connectivity index (χ1v) is 10.1. The molecule has 1 aromatic carbocycles. The molecule has 0 bridgehead atoms. The number of aliphatic imine (C=N–C) groups is 1. The number of ether oxygens (including phenoxy) is 2. The molecule has 1 aliphatic rings. The molecule has 1 fully saturated rings. The van der Waals surface area contributed by atoms with Crippen molar-refractivity contribution in [3.63, 3.8) is 0 Å². The van der Waals surface area contributed by atoms with Crippen LogP contribution < -0.4 is 15.4 Å². The van der Waals surface area contributed by atoms with Gasteiger partial charge < -0.3 is 20.1 Å². The number of hydrogen-bond acceptors (Lipinski definition) is 5. The maximum Gasteiger partial charge on any atom is 0.191 e. The minimum absolute atomic E-state index is 0.139. The first-order chi connectivity index (χ1) is 13.0. The highest BCUT2D eigenvalue weighted by molar-refractivity contribution is 7.11. The quantitative estimate of drug-likeness (QED) is 0.588. The minimum Gasteiger partial charge on any atom is -0.488 e. The van der Waals surface area contributed by atoms with Gasteiger partial charge in [-0.2, -0.15) is 0 Å². The summed E-state index contributed by atoms with van der Waals surface area (Å²) >= 11 is 1.71. The Morgan fingerprint density at radius 2 is 2.11 bits per heavy atom. The fraction of sp³-hybridized carbons (Fsp3) is 0.500. The SMILES string of the molecule is CN=C(NCc1ccc(C)cc1OC1CCOC1)NCc1sc(C)nc1C. The topological polar surface area (TPSA) is 67.8 Å². The Bertz CT molecular complexity index is 797. The van der Waals surface area contributed by atoms with E-state index in [0.717, 1.165) is 41.0 Å². The van der Waals surface area contributed by atoms with Crippen LogP contribution in [0.25, 0.3) is 0 Å². The number of rotatable bonds is 6. The maximum atomic E-state index is 6.17. The number of aryl methyl sites for hydroxylation is 3. The number of nitrogens with one attached hydrogen (secondary N) is 2. The van der Waals surface area contributed by atoms with Crippen LogP contribution in [0.4, 0.5) is 0 Å². The van der Waals surface area contributed by atoms with Gasteiger partial charge in [0, 0.05) is 30.5 Å². The number of thiazole rings is 1. The van der Waals surface area contributed by atoms with Crippen molar-refractivity contribution in [2.45, 2.75) is 46.4 Å². The summed E-state index contributed by atoms with van der Waals surface area (Å²) < 4.78 is 11.6. The predicted octanol–water partition coefficient (Wildman–Crippen LogP) is 3.10. The Kier molecular flexibility index (Phi) is 6.68. The molecule has 7 heteroatoms. The van der Waals surface area contributed by atoms with Crippen LogP contribution in [-0.4, -0.2) is 37.3 Å². The van der Waals surface area contributed by atoms with Gasteiger partial charge in [-0.25, -0.2) is 4.98 Å². The maximum absolute atomic E-state index is 6.17. The molecule has 1 unspecified atom stereocenters. The van der Waals surface area contributed by atoms with Crippen molar-refractivity contribution in [1.82, 2.24) is 15.6 Å². The average molecular weight is 389 g/mol. The first kappa shape index (κ1) is 19.6. The summed E-state index contributed by atoms with van der Waals surface area (Å²) in [5, 5.41) is 7.83. The normalized spacial score (nSPS) is 17.2. The molecule has 2 aromatic rings. The van der Waals surface area contributed by atoms with Crippen LogP contribution in [0.2, 0.25) is 0 Å². The summed E-state index contributed by atoms with van der Waals surface area (Å²) in [5.41, 5.74) is 3.37. The van der Waals surface area contributed by atoms with Gasteiger partial charge in [0.25, 0.3) is 0 Å². The molecule has 1 aliphatic heterocycles. The van der Waals surface area contributed by atoms with Gasteiger partial charge in [0.05, 0.1) is 30.5 Å². The van der Waals surface area contributed by atoms with Gasteiger partial charge in [-0.1, -0.05) is 12.1 Å². The van der Waals surface area contributed by atoms with Gasteiger partial charge in [-0.05, 0) is 32.4 Å². The first-order valence-electron chi connectivity index (χ1n) is 9.26. The number of nitrogens with zero attached hydrogens (tertiary/aromatic N) is 2. The van der Waals surface area contributed by atoms with E-state index in [9.17, 15) is 0 Å². The highest BCUT2D eigenvalue weighted by Crippen LogP contribution is 2.24. The molecule has 1 saturated heterocycles. The molecule has 27 heavy (non-hydrogen) atoms. The Labute approximate surface area is 165 Å². The molecule has 0 spiro atoms. The molecule has 1 atom stereocenters. The van der Waals surface area contributed by atoms with Crippen LogP contribution in [-0.2, 0) is 17.8 Å². The summed E-state index contributed by atoms with van der Waals surface area (Å²) in [6.45, 7) is 8.95. The van der Waals surface area contributed by atoms with Crippen molar-refractivity contribution in [2.75, 3.05) is 20.3 Å². The van der Waals surface area contributed by atoms with Crippen molar-refractivity contribution >= 4 is 17.3 Å². The molecule has 1 aromatic heterocycles. The zero-order valence-electron chi connectivity index (χ0n) is 16.5. The van der Waals surface area contributed by atoms with Gasteiger partial charge in [-0.15, -0.1) is 11.3 Å². The van der Waals surface area contributed by atoms with Crippen LogP contribution in [0.5, 0.6) is 5.75 Å². The third kappa shape index (κ3) is 5.43. The van der Waals surface area contributed by atoms with Crippen molar-refractivity contribution in [3.8, 4) is 5.75 Å². The van der Waals surface area contributed by atoms with Crippen LogP contribution in [0.3, 0.4) is 0 Å². The molecule has 0 radical (unpaired) electrons. The zero-order valence-corrected chi connectivity index (χ0v) is 17.3. The van der Waals surface area contributed by atoms with E-state index in [1.807, 2.05) is 13.8 Å². The van der Waals surface area contributed by atoms with E-state index in [4.69, 9.17) is 9.47 Å². The summed E-state index contributed by atoms with van der Waals surface area (Å²) in [7, 11) is 1.78. The fourth-order valence-corrected chi connectivity index (χ4v) is 3.88. The second-order valence-corrected chi connectivity index (χ2v) is 8.02. The van der Waals surface area contributed by atoms with Crippen LogP contribution >= 0.6 is 11.3 Å². The Balaban J connectivity index is 1.59. The van der Waals surface area contributed by atoms with E-state index < -0.39 is 0 Å². The van der Waals surface area contributed by atoms with E-state index in [2.05, 4.69) is 45.7 Å². The van der Waals surface area contributed by atoms with Gasteiger partial charge >= 0.3 is 0 Å². The Hall–Kier alpha value is -2.12. The van der Waals surface area contributed by atoms with Crippen molar-refractivity contribution in [1.29, 1.82) is 0 Å². The lowest BCUT2D eigenvalue weighted by molar-refractivity contribution is 0.140. The summed E-state index contributed by atoms with van der Waals surface area (Å²) in [4.78, 5) is 10.0. The highest BCUT2D eigenvalue weighted by Gasteiger charge is 2.18. The van der Waals surface area contributed by atoms with Crippen LogP contribution in [0, 0.1) is 20.8 Å². The van der Waals surface area contributed by atoms with E-state index in [0.29, 0.717) is 19.7 Å². The molecule has 0 amide bonds. The lowest BCUT2D eigenvalue weighted by Crippen LogP contribution is -2.36. The number of benzene rings is 1. The van der Waals surface area contributed by atoms with Crippen molar-refractivity contribution < 1.29 is 9.47 Å². The van der Waals surface area contributed by atoms with E-state index in [1.165, 1.54) is 10.4 Å². The van der Waals surface area contributed by atoms with Crippen molar-refractivity contribution in [3.05, 3.63) is 44.9 Å². The van der Waals surface area contributed by atoms with Gasteiger partial charge in [0.2, 0.25) is 0 Å². The summed E-state index contributed by atoms with van der Waals surface area (Å²) in [6.07, 6.45) is 1.08. The second-order valence-electron chi connectivity index (χ2n) is 6.74. The molecule has 6 nitrogen and oxygen atoms in total. The number of guanidine groups is 1. The Morgan fingerprint density at radius 3 is 2.78 bits per heavy atom. The van der Waals surface area contributed by atoms with Gasteiger partial charge in [0.1, 0.15) is 11.9 Å². The van der Waals surface area contributed by atoms with E-state index in [1.54, 1.807) is 18.4 Å². The molecule has 2 heterocycles. The molecular weight excluding hydrogens is 360 g/mol. The fourth-order valence-electron chi connectivity index (χ4n) is 3.00.